The lowest BCUT2D eigenvalue weighted by atomic mass is 9.84. The number of primary amides is 1. The average Bonchev–Trinajstić information content (AvgIpc) is 3.16. The molecule has 0 aliphatic carbocycles. The van der Waals surface area contributed by atoms with Gasteiger partial charge in [0.05, 0.1) is 6.04 Å². The second-order valence-corrected chi connectivity index (χ2v) is 15.0. The molecule has 0 spiro atoms. The van der Waals surface area contributed by atoms with Gasteiger partial charge in [0.15, 0.2) is 11.7 Å². The quantitative estimate of drug-likeness (QED) is 0.0595. The van der Waals surface area contributed by atoms with Gasteiger partial charge in [-0.05, 0) is 75.6 Å². The van der Waals surface area contributed by atoms with Crippen LogP contribution in [0.5, 0.6) is 0 Å². The number of hydrogen-bond donors (Lipinski definition) is 9. The number of hydrogen-bond acceptors (Lipinski definition) is 10. The van der Waals surface area contributed by atoms with E-state index in [1.165, 1.54) is 6.92 Å². The molecule has 0 bridgehead atoms. The van der Waals surface area contributed by atoms with Crippen LogP contribution in [0.2, 0.25) is 5.02 Å². The summed E-state index contributed by atoms with van der Waals surface area (Å²) in [5, 5.41) is 13.8. The molecule has 6 atom stereocenters. The molecule has 322 valence electrons. The summed E-state index contributed by atoms with van der Waals surface area (Å²) in [6.45, 7) is 3.48. The Morgan fingerprint density at radius 1 is 0.897 bits per heavy atom. The third kappa shape index (κ3) is 18.4. The van der Waals surface area contributed by atoms with Crippen molar-refractivity contribution in [2.75, 3.05) is 19.6 Å². The maximum atomic E-state index is 14.2. The summed E-state index contributed by atoms with van der Waals surface area (Å²) in [6.07, 6.45) is 1.42. The summed E-state index contributed by atoms with van der Waals surface area (Å²) in [7, 11) is 0. The Hall–Kier alpha value is -5.10. The Balaban J connectivity index is 2.59. The van der Waals surface area contributed by atoms with E-state index < -0.39 is 83.0 Å². The van der Waals surface area contributed by atoms with Crippen molar-refractivity contribution in [1.29, 1.82) is 0 Å². The van der Waals surface area contributed by atoms with Crippen molar-refractivity contribution in [2.24, 2.45) is 39.8 Å². The predicted molar refractivity (Wildman–Crippen MR) is 219 cm³/mol. The maximum Gasteiger partial charge on any atom is 0.243 e. The third-order valence-electron chi connectivity index (χ3n) is 9.79. The molecular weight excluding hydrogens is 772 g/mol. The lowest BCUT2D eigenvalue weighted by molar-refractivity contribution is -0.135. The summed E-state index contributed by atoms with van der Waals surface area (Å²) >= 11 is 6.11. The van der Waals surface area contributed by atoms with E-state index >= 15 is 0 Å². The number of unbranched alkanes of at least 4 members (excludes halogenated alkanes) is 1. The van der Waals surface area contributed by atoms with E-state index in [2.05, 4.69) is 31.6 Å². The van der Waals surface area contributed by atoms with Crippen molar-refractivity contribution in [3.8, 4) is 0 Å². The monoisotopic (exact) mass is 832 g/mol. The molecule has 1 aromatic carbocycles. The van der Waals surface area contributed by atoms with Crippen molar-refractivity contribution in [1.82, 2.24) is 26.6 Å². The van der Waals surface area contributed by atoms with Crippen LogP contribution in [0.3, 0.4) is 0 Å². The number of carbonyl (C=O) groups is 8. The molecule has 0 unspecified atom stereocenters. The second-order valence-electron chi connectivity index (χ2n) is 14.6. The lowest BCUT2D eigenvalue weighted by Gasteiger charge is -2.27. The Kier molecular flexibility index (Phi) is 22.0. The topological polar surface area (TPSA) is 313 Å². The van der Waals surface area contributed by atoms with Gasteiger partial charge in [0, 0.05) is 56.1 Å². The molecule has 1 fully saturated rings. The van der Waals surface area contributed by atoms with E-state index in [1.54, 1.807) is 24.3 Å². The smallest absolute Gasteiger partial charge is 0.243 e. The van der Waals surface area contributed by atoms with Crippen LogP contribution in [0.1, 0.15) is 96.5 Å². The van der Waals surface area contributed by atoms with Gasteiger partial charge in [-0.2, -0.15) is 0 Å². The Morgan fingerprint density at radius 2 is 1.59 bits per heavy atom. The molecule has 18 nitrogen and oxygen atoms in total. The number of ketones is 2. The number of nitrogens with one attached hydrogen (secondary N) is 5. The molecule has 1 heterocycles. The minimum absolute atomic E-state index is 0.00683. The summed E-state index contributed by atoms with van der Waals surface area (Å²) in [4.78, 5) is 111. The molecule has 0 radical (unpaired) electrons. The highest BCUT2D eigenvalue weighted by Crippen LogP contribution is 2.22. The Bertz CT molecular complexity index is 1600. The zero-order valence-electron chi connectivity index (χ0n) is 33.5. The Morgan fingerprint density at radius 3 is 2.21 bits per heavy atom. The molecule has 0 aromatic heterocycles. The second kappa shape index (κ2) is 26.0. The number of halogens is 1. The highest BCUT2D eigenvalue weighted by molar-refractivity contribution is 6.30. The number of nitrogens with zero attached hydrogens (tertiary/aromatic N) is 1. The van der Waals surface area contributed by atoms with Crippen LogP contribution < -0.4 is 49.5 Å². The van der Waals surface area contributed by atoms with Gasteiger partial charge in [-0.15, -0.1) is 0 Å². The van der Waals surface area contributed by atoms with Crippen molar-refractivity contribution >= 4 is 64.6 Å². The lowest BCUT2D eigenvalue weighted by Crippen LogP contribution is -2.58. The number of amides is 6. The van der Waals surface area contributed by atoms with E-state index in [1.807, 2.05) is 6.92 Å². The first-order chi connectivity index (χ1) is 27.5. The maximum absolute atomic E-state index is 14.2. The van der Waals surface area contributed by atoms with Crippen molar-refractivity contribution < 1.29 is 38.4 Å². The molecule has 1 saturated heterocycles. The Labute approximate surface area is 344 Å². The largest absolute Gasteiger partial charge is 0.370 e. The third-order valence-corrected chi connectivity index (χ3v) is 10.0. The van der Waals surface area contributed by atoms with E-state index in [9.17, 15) is 38.4 Å². The minimum Gasteiger partial charge on any atom is -0.370 e. The summed E-state index contributed by atoms with van der Waals surface area (Å²) in [5.74, 6) is -6.83. The van der Waals surface area contributed by atoms with Gasteiger partial charge in [0.25, 0.3) is 0 Å². The minimum atomic E-state index is -1.33. The summed E-state index contributed by atoms with van der Waals surface area (Å²) in [6, 6.07) is 1.94. The average molecular weight is 833 g/mol. The fourth-order valence-electron chi connectivity index (χ4n) is 6.51. The molecule has 2 rings (SSSR count). The highest BCUT2D eigenvalue weighted by Gasteiger charge is 2.34. The fraction of sp³-hybridized carbons (Fsp3) is 0.615. The van der Waals surface area contributed by atoms with E-state index in [4.69, 9.17) is 34.5 Å². The number of aliphatic imine (C=N–C) groups is 1. The zero-order valence-corrected chi connectivity index (χ0v) is 34.2. The van der Waals surface area contributed by atoms with E-state index in [0.29, 0.717) is 36.3 Å². The van der Waals surface area contributed by atoms with E-state index in [0.717, 1.165) is 6.42 Å². The summed E-state index contributed by atoms with van der Waals surface area (Å²) in [5.41, 5.74) is 23.1. The number of rotatable bonds is 16. The van der Waals surface area contributed by atoms with Crippen molar-refractivity contribution in [2.45, 2.75) is 121 Å². The van der Waals surface area contributed by atoms with E-state index in [-0.39, 0.29) is 77.0 Å². The molecular formula is C39H61ClN10O8. The normalized spacial score (nSPS) is 22.1. The molecule has 13 N–H and O–H groups in total. The molecule has 1 aliphatic rings. The standard InChI is InChI=1S/C39H61ClN10O8/c1-3-4-8-28(47-23(2)51)36(56)49-30-14-15-34(54)45-19-16-26(35(42)55)22-32(52)25(7-6-18-46-39(43)44)21-33(53)31(20-24-10-12-27(40)13-11-24)50-37(57)29(9-5-17-41)48-38(30)58/h10-13,25-26,28-31H,3-9,14-22,41H2,1-2H3,(H2,42,55)(H,45,54)(H,47,51)(H,48,58)(H,49,56)(H,50,57)(H4,43,44,46)/t25-,26-,28+,29+,30+,31-/m1/s1. The van der Waals surface area contributed by atoms with Crippen LogP contribution in [0, 0.1) is 11.8 Å². The fourth-order valence-corrected chi connectivity index (χ4v) is 6.64. The van der Waals surface area contributed by atoms with Gasteiger partial charge in [-0.3, -0.25) is 43.3 Å². The van der Waals surface area contributed by atoms with Gasteiger partial charge in [0.1, 0.15) is 23.9 Å². The number of benzene rings is 1. The molecule has 1 aromatic rings. The van der Waals surface area contributed by atoms with Crippen molar-refractivity contribution in [3.05, 3.63) is 34.9 Å². The number of carbonyl (C=O) groups excluding carboxylic acids is 8. The van der Waals surface area contributed by atoms with Crippen LogP contribution in [-0.4, -0.2) is 96.8 Å². The molecule has 1 aliphatic heterocycles. The molecule has 58 heavy (non-hydrogen) atoms. The highest BCUT2D eigenvalue weighted by atomic mass is 35.5. The number of Topliss-reactive ketones (excluding diaryl/α,β-unsaturated/α-hetero) is 2. The SMILES string of the molecule is CCCC[C@H](NC(C)=O)C(=O)N[C@H]1CCC(=O)NCC[C@@H](C(N)=O)CC(=O)[C@H](CCCN=C(N)N)CC(=O)[C@@H](Cc2ccc(Cl)cc2)NC(=O)[C@H](CCCN)NC1=O. The van der Waals surface area contributed by atoms with Gasteiger partial charge < -0.3 is 49.5 Å². The molecule has 0 saturated carbocycles. The van der Waals surface area contributed by atoms with Gasteiger partial charge in [-0.25, -0.2) is 0 Å². The van der Waals surface area contributed by atoms with Crippen molar-refractivity contribution in [3.63, 3.8) is 0 Å². The summed E-state index contributed by atoms with van der Waals surface area (Å²) < 4.78 is 0. The first-order valence-electron chi connectivity index (χ1n) is 19.8. The van der Waals surface area contributed by atoms with Crippen LogP contribution in [0.4, 0.5) is 0 Å². The van der Waals surface area contributed by atoms with Gasteiger partial charge in [0.2, 0.25) is 35.4 Å². The number of nitrogens with two attached hydrogens (primary N) is 4. The molecule has 19 heteroatoms. The van der Waals surface area contributed by atoms with Gasteiger partial charge >= 0.3 is 0 Å². The first kappa shape index (κ1) is 49.0. The first-order valence-corrected chi connectivity index (χ1v) is 20.2. The van der Waals surface area contributed by atoms with Gasteiger partial charge in [-0.1, -0.05) is 43.5 Å². The van der Waals surface area contributed by atoms with Crippen LogP contribution in [0.25, 0.3) is 0 Å². The van der Waals surface area contributed by atoms with Crippen LogP contribution in [-0.2, 0) is 44.8 Å². The van der Waals surface area contributed by atoms with Crippen LogP contribution in [0.15, 0.2) is 29.3 Å². The number of guanidine groups is 1. The predicted octanol–water partition coefficient (Wildman–Crippen LogP) is -0.239. The van der Waals surface area contributed by atoms with Crippen LogP contribution >= 0.6 is 11.6 Å². The zero-order chi connectivity index (χ0) is 43.2. The molecule has 6 amide bonds.